The van der Waals surface area contributed by atoms with E-state index in [2.05, 4.69) is 20.4 Å². The van der Waals surface area contributed by atoms with Gasteiger partial charge in [0.05, 0.1) is 31.5 Å². The summed E-state index contributed by atoms with van der Waals surface area (Å²) < 4.78 is 0.180. The number of aliphatic hydroxyl groups is 1. The maximum absolute atomic E-state index is 13.1. The summed E-state index contributed by atoms with van der Waals surface area (Å²) in [7, 11) is 3.59. The number of hydrogen-bond acceptors (Lipinski definition) is 14. The topological polar surface area (TPSA) is 237 Å². The number of thiazole rings is 1. The molecule has 0 bridgehead atoms. The third kappa shape index (κ3) is 6.62. The van der Waals surface area contributed by atoms with Gasteiger partial charge in [-0.25, -0.2) is 9.78 Å². The number of aliphatic hydroxyl groups excluding tert-OH is 1. The van der Waals surface area contributed by atoms with Gasteiger partial charge in [-0.05, 0) is 0 Å². The van der Waals surface area contributed by atoms with Crippen LogP contribution in [0, 0.1) is 0 Å². The molecule has 0 aliphatic carbocycles. The van der Waals surface area contributed by atoms with Crippen molar-refractivity contribution in [2.24, 2.45) is 10.1 Å². The van der Waals surface area contributed by atoms with E-state index in [1.165, 1.54) is 23.2 Å². The maximum atomic E-state index is 13.1. The number of hydrogen-bond donors (Lipinski definition) is 4. The molecular weight excluding hydrogens is 582 g/mol. The number of thioether (sulfide) groups is 1. The zero-order chi connectivity index (χ0) is 30.1. The lowest BCUT2D eigenvalue weighted by atomic mass is 10.0. The number of quaternary nitrogens is 1. The zero-order valence-electron chi connectivity index (χ0n) is 21.7. The number of rotatable bonds is 11. The molecule has 16 nitrogen and oxygen atoms in total. The molecule has 4 heterocycles. The molecule has 2 amide bonds. The first kappa shape index (κ1) is 29.8. The fourth-order valence-corrected chi connectivity index (χ4v) is 6.26. The Hall–Kier alpha value is -4.13. The van der Waals surface area contributed by atoms with Gasteiger partial charge in [0.25, 0.3) is 11.8 Å². The van der Waals surface area contributed by atoms with Crippen LogP contribution < -0.4 is 16.2 Å². The summed E-state index contributed by atoms with van der Waals surface area (Å²) in [5.41, 5.74) is 5.75. The highest BCUT2D eigenvalue weighted by Crippen LogP contribution is 2.40. The molecule has 41 heavy (non-hydrogen) atoms. The Morgan fingerprint density at radius 3 is 2.66 bits per heavy atom. The van der Waals surface area contributed by atoms with E-state index in [-0.39, 0.29) is 39.8 Å². The number of ketones is 1. The van der Waals surface area contributed by atoms with E-state index < -0.39 is 59.4 Å². The molecule has 0 radical (unpaired) electrons. The molecule has 0 saturated carbocycles. The molecule has 0 aromatic carbocycles. The van der Waals surface area contributed by atoms with Crippen molar-refractivity contribution in [3.63, 3.8) is 0 Å². The van der Waals surface area contributed by atoms with Gasteiger partial charge in [0, 0.05) is 29.0 Å². The van der Waals surface area contributed by atoms with Gasteiger partial charge in [-0.3, -0.25) is 24.3 Å². The third-order valence-corrected chi connectivity index (χ3v) is 8.06. The van der Waals surface area contributed by atoms with Crippen LogP contribution in [0.25, 0.3) is 0 Å². The first-order valence-corrected chi connectivity index (χ1v) is 13.8. The van der Waals surface area contributed by atoms with Crippen LogP contribution in [-0.4, -0.2) is 123 Å². The number of aromatic nitrogens is 1. The normalized spacial score (nSPS) is 22.6. The molecule has 1 fully saturated rings. The highest BCUT2D eigenvalue weighted by molar-refractivity contribution is 8.00. The van der Waals surface area contributed by atoms with E-state index in [0.29, 0.717) is 11.3 Å². The molecule has 3 aliphatic heterocycles. The van der Waals surface area contributed by atoms with Crippen molar-refractivity contribution >= 4 is 69.7 Å². The number of nitrogens with one attached hydrogen (secondary N) is 1. The molecule has 5 N–H and O–H groups in total. The van der Waals surface area contributed by atoms with Gasteiger partial charge in [-0.1, -0.05) is 5.16 Å². The smallest absolute Gasteiger partial charge is 0.344 e. The van der Waals surface area contributed by atoms with Gasteiger partial charge in [0.1, 0.15) is 30.2 Å². The summed E-state index contributed by atoms with van der Waals surface area (Å²) >= 11 is 2.24. The molecule has 1 saturated heterocycles. The number of carbonyl (C=O) groups excluding carboxylic acids is 4. The minimum Gasteiger partial charge on any atom is -0.543 e. The highest BCUT2D eigenvalue weighted by atomic mass is 32.2. The molecule has 3 aliphatic rings. The van der Waals surface area contributed by atoms with Crippen molar-refractivity contribution in [1.29, 1.82) is 0 Å². The standard InChI is InChI=1S/C23H25N7O9S2/c1-30(2,6-11-3-13(31)14(32)4-25-11)5-10-8-40-21-17(20(36)29(21)18(10)22(37)38)27-19(35)16(28-39-7-15(33)34)12-9-41-23(24)26-12/h3-4,9,14,17,21,32H,5-8H2,1-2H3,(H4-,24,26,27,33,34,35,37,38)/t14?,17-,21+/m1/s1. The summed E-state index contributed by atoms with van der Waals surface area (Å²) in [5, 5.41) is 37.3. The SMILES string of the molecule is C[N+](C)(CC1=CC(=O)C(O)C=N1)CC1=C(C(=O)[O-])N2C(=O)[C@@H](NC(=O)C(=NOCC(=O)O)c3csc(N)n3)[C@@H]2SC1. The summed E-state index contributed by atoms with van der Waals surface area (Å²) in [6, 6.07) is -1.12. The summed E-state index contributed by atoms with van der Waals surface area (Å²) in [6.45, 7) is -0.409. The third-order valence-electron chi connectivity index (χ3n) is 6.04. The van der Waals surface area contributed by atoms with Crippen molar-refractivity contribution in [2.75, 3.05) is 45.3 Å². The Kier molecular flexibility index (Phi) is 8.57. The number of nitrogens with two attached hydrogens (primary N) is 1. The Bertz CT molecular complexity index is 1430. The number of nitrogen functional groups attached to an aromatic ring is 1. The molecule has 18 heteroatoms. The average Bonchev–Trinajstić information content (AvgIpc) is 3.31. The molecular formula is C23H25N7O9S2. The molecule has 1 aromatic rings. The van der Waals surface area contributed by atoms with Crippen LogP contribution in [-0.2, 0) is 28.8 Å². The van der Waals surface area contributed by atoms with E-state index in [1.807, 2.05) is 0 Å². The van der Waals surface area contributed by atoms with Crippen molar-refractivity contribution in [3.05, 3.63) is 34.1 Å². The number of aliphatic carboxylic acids is 2. The number of fused-ring (bicyclic) bond motifs is 1. The first-order chi connectivity index (χ1) is 19.3. The number of oxime groups is 1. The van der Waals surface area contributed by atoms with Crippen molar-refractivity contribution in [3.8, 4) is 0 Å². The summed E-state index contributed by atoms with van der Waals surface area (Å²) in [5.74, 6) is -4.77. The van der Waals surface area contributed by atoms with Gasteiger partial charge in [0.2, 0.25) is 6.61 Å². The Balaban J connectivity index is 1.50. The largest absolute Gasteiger partial charge is 0.543 e. The van der Waals surface area contributed by atoms with Crippen molar-refractivity contribution < 1.29 is 48.6 Å². The molecule has 1 aromatic heterocycles. The van der Waals surface area contributed by atoms with E-state index >= 15 is 0 Å². The van der Waals surface area contributed by atoms with E-state index in [0.717, 1.165) is 22.5 Å². The van der Waals surface area contributed by atoms with Crippen LogP contribution in [0.15, 0.2) is 38.6 Å². The minimum absolute atomic E-state index is 0.00143. The lowest BCUT2D eigenvalue weighted by Gasteiger charge is -2.51. The van der Waals surface area contributed by atoms with Gasteiger partial charge in [-0.15, -0.1) is 23.1 Å². The van der Waals surface area contributed by atoms with Crippen LogP contribution in [0.1, 0.15) is 5.69 Å². The number of β-lactam (4-membered cyclic amide) rings is 1. The summed E-state index contributed by atoms with van der Waals surface area (Å²) in [4.78, 5) is 74.7. The monoisotopic (exact) mass is 607 g/mol. The van der Waals surface area contributed by atoms with E-state index in [1.54, 1.807) is 14.1 Å². The van der Waals surface area contributed by atoms with Gasteiger partial charge in [-0.2, -0.15) is 0 Å². The molecule has 1 unspecified atom stereocenters. The fraction of sp³-hybridized carbons (Fsp3) is 0.391. The van der Waals surface area contributed by atoms with Crippen LogP contribution >= 0.6 is 23.1 Å². The van der Waals surface area contributed by atoms with Crippen LogP contribution in [0.2, 0.25) is 0 Å². The minimum atomic E-state index is -1.56. The van der Waals surface area contributed by atoms with Crippen LogP contribution in [0.5, 0.6) is 0 Å². The maximum Gasteiger partial charge on any atom is 0.344 e. The fourth-order valence-electron chi connectivity index (χ4n) is 4.38. The average molecular weight is 608 g/mol. The number of aliphatic imine (C=N–C) groups is 1. The Labute approximate surface area is 240 Å². The zero-order valence-corrected chi connectivity index (χ0v) is 23.3. The van der Waals surface area contributed by atoms with Crippen molar-refractivity contribution in [2.45, 2.75) is 17.5 Å². The second-order valence-electron chi connectivity index (χ2n) is 9.79. The predicted octanol–water partition coefficient (Wildman–Crippen LogP) is -3.09. The lowest BCUT2D eigenvalue weighted by molar-refractivity contribution is -0.880. The number of nitrogens with zero attached hydrogens (tertiary/aromatic N) is 5. The van der Waals surface area contributed by atoms with Crippen LogP contribution in [0.3, 0.4) is 0 Å². The predicted molar refractivity (Wildman–Crippen MR) is 143 cm³/mol. The Morgan fingerprint density at radius 1 is 1.32 bits per heavy atom. The number of likely N-dealkylation sites (N-methyl/N-ethyl adjacent to an activating group) is 1. The number of carboxylic acids is 2. The van der Waals surface area contributed by atoms with E-state index in [9.17, 15) is 34.2 Å². The second kappa shape index (κ2) is 11.8. The molecule has 218 valence electrons. The van der Waals surface area contributed by atoms with E-state index in [4.69, 9.17) is 15.7 Å². The molecule has 4 rings (SSSR count). The number of carboxylic acid groups (broad SMARTS) is 2. The molecule has 0 spiro atoms. The highest BCUT2D eigenvalue weighted by Gasteiger charge is 2.53. The first-order valence-electron chi connectivity index (χ1n) is 11.9. The van der Waals surface area contributed by atoms with Crippen molar-refractivity contribution in [1.82, 2.24) is 15.2 Å². The van der Waals surface area contributed by atoms with Gasteiger partial charge >= 0.3 is 5.97 Å². The second-order valence-corrected chi connectivity index (χ2v) is 11.8. The quantitative estimate of drug-likeness (QED) is 0.0847. The lowest BCUT2D eigenvalue weighted by Crippen LogP contribution is -2.71. The molecule has 3 atom stereocenters. The van der Waals surface area contributed by atoms with Gasteiger partial charge in [0.15, 0.2) is 22.7 Å². The van der Waals surface area contributed by atoms with Crippen LogP contribution in [0.4, 0.5) is 5.13 Å². The number of anilines is 1. The Morgan fingerprint density at radius 2 is 2.05 bits per heavy atom. The van der Waals surface area contributed by atoms with Gasteiger partial charge < -0.3 is 40.5 Å². The summed E-state index contributed by atoms with van der Waals surface area (Å²) in [6.07, 6.45) is 1.08. The number of carbonyl (C=O) groups is 5. The number of amides is 2.